The van der Waals surface area contributed by atoms with Gasteiger partial charge < -0.3 is 5.32 Å². The fourth-order valence-electron chi connectivity index (χ4n) is 2.01. The van der Waals surface area contributed by atoms with Crippen LogP contribution in [0.1, 0.15) is 24.9 Å². The van der Waals surface area contributed by atoms with Crippen LogP contribution in [0.3, 0.4) is 0 Å². The monoisotopic (exact) mass is 305 g/mol. The Kier molecular flexibility index (Phi) is 6.44. The van der Waals surface area contributed by atoms with Crippen molar-refractivity contribution in [3.63, 3.8) is 0 Å². The molecule has 0 saturated heterocycles. The number of thioether (sulfide) groups is 1. The number of nitrogens with one attached hydrogen (secondary N) is 1. The lowest BCUT2D eigenvalue weighted by atomic mass is 10.1. The van der Waals surface area contributed by atoms with E-state index in [1.807, 2.05) is 18.2 Å². The summed E-state index contributed by atoms with van der Waals surface area (Å²) >= 11 is 8.02. The first-order valence-corrected chi connectivity index (χ1v) is 8.33. The Bertz CT molecular complexity index is 515. The molecular weight excluding hydrogens is 286 g/mol. The molecule has 0 aromatic heterocycles. The van der Waals surface area contributed by atoms with Crippen LogP contribution in [0.2, 0.25) is 5.02 Å². The second-order valence-electron chi connectivity index (χ2n) is 4.66. The molecule has 1 atom stereocenters. The zero-order chi connectivity index (χ0) is 14.2. The van der Waals surface area contributed by atoms with Crippen LogP contribution >= 0.6 is 23.4 Å². The third kappa shape index (κ3) is 4.55. The van der Waals surface area contributed by atoms with E-state index in [0.29, 0.717) is 6.04 Å². The molecule has 106 valence electrons. The molecule has 20 heavy (non-hydrogen) atoms. The zero-order valence-corrected chi connectivity index (χ0v) is 13.3. The first-order chi connectivity index (χ1) is 9.81. The van der Waals surface area contributed by atoms with Crippen molar-refractivity contribution in [3.05, 3.63) is 65.2 Å². The molecule has 0 aliphatic heterocycles. The summed E-state index contributed by atoms with van der Waals surface area (Å²) in [6.45, 7) is 3.22. The van der Waals surface area contributed by atoms with Crippen LogP contribution < -0.4 is 5.32 Å². The van der Waals surface area contributed by atoms with E-state index in [4.69, 9.17) is 11.6 Å². The molecule has 2 aromatic carbocycles. The third-order valence-corrected chi connectivity index (χ3v) is 4.69. The van der Waals surface area contributed by atoms with Gasteiger partial charge >= 0.3 is 0 Å². The lowest BCUT2D eigenvalue weighted by Gasteiger charge is -2.19. The number of hydrogen-bond acceptors (Lipinski definition) is 2. The summed E-state index contributed by atoms with van der Waals surface area (Å²) in [4.78, 5) is 1.15. The van der Waals surface area contributed by atoms with Crippen LogP contribution in [-0.4, -0.2) is 12.3 Å². The summed E-state index contributed by atoms with van der Waals surface area (Å²) in [5.41, 5.74) is 1.33. The third-order valence-electron chi connectivity index (χ3n) is 3.08. The highest BCUT2D eigenvalue weighted by atomic mass is 35.5. The van der Waals surface area contributed by atoms with Crippen LogP contribution in [0.25, 0.3) is 0 Å². The predicted octanol–water partition coefficient (Wildman–Crippen LogP) is 5.17. The Balaban J connectivity index is 2.03. The first-order valence-electron chi connectivity index (χ1n) is 6.97. The molecule has 2 aromatic rings. The number of halogens is 1. The minimum atomic E-state index is 0.359. The van der Waals surface area contributed by atoms with Gasteiger partial charge in [0.05, 0.1) is 5.02 Å². The number of benzene rings is 2. The van der Waals surface area contributed by atoms with E-state index in [9.17, 15) is 0 Å². The lowest BCUT2D eigenvalue weighted by Crippen LogP contribution is -2.24. The van der Waals surface area contributed by atoms with Gasteiger partial charge in [-0.2, -0.15) is 0 Å². The van der Waals surface area contributed by atoms with Crippen LogP contribution in [-0.2, 0) is 0 Å². The molecule has 0 amide bonds. The molecular formula is C17H20ClNS. The first kappa shape index (κ1) is 15.4. The maximum atomic E-state index is 6.22. The fraction of sp³-hybridized carbons (Fsp3) is 0.294. The second kappa shape index (κ2) is 8.35. The smallest absolute Gasteiger partial charge is 0.0541 e. The van der Waals surface area contributed by atoms with E-state index < -0.39 is 0 Å². The normalized spacial score (nSPS) is 12.3. The van der Waals surface area contributed by atoms with Gasteiger partial charge in [0, 0.05) is 16.7 Å². The molecule has 0 fully saturated rings. The molecule has 0 radical (unpaired) electrons. The summed E-state index contributed by atoms with van der Waals surface area (Å²) in [6.07, 6.45) is 1.14. The van der Waals surface area contributed by atoms with Crippen LogP contribution in [0.5, 0.6) is 0 Å². The van der Waals surface area contributed by atoms with E-state index >= 15 is 0 Å². The van der Waals surface area contributed by atoms with Gasteiger partial charge in [-0.25, -0.2) is 0 Å². The highest BCUT2D eigenvalue weighted by Gasteiger charge is 2.11. The Labute approximate surface area is 130 Å². The topological polar surface area (TPSA) is 12.0 Å². The van der Waals surface area contributed by atoms with Crippen LogP contribution in [0.15, 0.2) is 59.5 Å². The van der Waals surface area contributed by atoms with E-state index in [2.05, 4.69) is 48.6 Å². The molecule has 0 bridgehead atoms. The maximum absolute atomic E-state index is 6.22. The van der Waals surface area contributed by atoms with E-state index in [-0.39, 0.29) is 0 Å². The van der Waals surface area contributed by atoms with Crippen LogP contribution in [0, 0.1) is 0 Å². The lowest BCUT2D eigenvalue weighted by molar-refractivity contribution is 0.577. The van der Waals surface area contributed by atoms with Gasteiger partial charge in [-0.3, -0.25) is 0 Å². The average Bonchev–Trinajstić information content (AvgIpc) is 2.50. The summed E-state index contributed by atoms with van der Waals surface area (Å²) in [6, 6.07) is 19.0. The minimum absolute atomic E-state index is 0.359. The molecule has 0 aliphatic carbocycles. The highest BCUT2D eigenvalue weighted by Crippen LogP contribution is 2.30. The average molecular weight is 306 g/mol. The van der Waals surface area contributed by atoms with Gasteiger partial charge in [0.2, 0.25) is 0 Å². The van der Waals surface area contributed by atoms with Crippen molar-refractivity contribution < 1.29 is 0 Å². The maximum Gasteiger partial charge on any atom is 0.0541 e. The standard InChI is InChI=1S/C17H20ClNS/c1-2-12-19-16(14-8-4-3-5-9-14)13-20-17-11-7-6-10-15(17)18/h3-11,16,19H,2,12-13H2,1H3. The summed E-state index contributed by atoms with van der Waals surface area (Å²) < 4.78 is 0. The molecule has 2 rings (SSSR count). The minimum Gasteiger partial charge on any atom is -0.309 e. The second-order valence-corrected chi connectivity index (χ2v) is 6.13. The molecule has 0 spiro atoms. The van der Waals surface area contributed by atoms with Gasteiger partial charge in [-0.1, -0.05) is 61.0 Å². The van der Waals surface area contributed by atoms with Crippen molar-refractivity contribution in [3.8, 4) is 0 Å². The zero-order valence-electron chi connectivity index (χ0n) is 11.7. The Morgan fingerprint density at radius 2 is 1.75 bits per heavy atom. The number of rotatable bonds is 7. The van der Waals surface area contributed by atoms with Gasteiger partial charge in [-0.15, -0.1) is 11.8 Å². The van der Waals surface area contributed by atoms with E-state index in [0.717, 1.165) is 28.6 Å². The quantitative estimate of drug-likeness (QED) is 0.708. The molecule has 0 heterocycles. The number of hydrogen-bond donors (Lipinski definition) is 1. The summed E-state index contributed by atoms with van der Waals surface area (Å²) in [7, 11) is 0. The summed E-state index contributed by atoms with van der Waals surface area (Å²) in [5.74, 6) is 0.980. The van der Waals surface area contributed by atoms with E-state index in [1.165, 1.54) is 5.56 Å². The van der Waals surface area contributed by atoms with E-state index in [1.54, 1.807) is 11.8 Å². The molecule has 1 unspecified atom stereocenters. The van der Waals surface area contributed by atoms with Crippen molar-refractivity contribution in [1.29, 1.82) is 0 Å². The fourth-order valence-corrected chi connectivity index (χ4v) is 3.35. The van der Waals surface area contributed by atoms with Gasteiger partial charge in [0.15, 0.2) is 0 Å². The van der Waals surface area contributed by atoms with Crippen molar-refractivity contribution in [2.24, 2.45) is 0 Å². The molecule has 3 heteroatoms. The molecule has 0 aliphatic rings. The van der Waals surface area contributed by atoms with Crippen molar-refractivity contribution in [2.45, 2.75) is 24.3 Å². The predicted molar refractivity (Wildman–Crippen MR) is 89.7 cm³/mol. The van der Waals surface area contributed by atoms with Crippen LogP contribution in [0.4, 0.5) is 0 Å². The van der Waals surface area contributed by atoms with Crippen molar-refractivity contribution in [2.75, 3.05) is 12.3 Å². The molecule has 1 nitrogen and oxygen atoms in total. The largest absolute Gasteiger partial charge is 0.309 e. The van der Waals surface area contributed by atoms with Gasteiger partial charge in [0.25, 0.3) is 0 Å². The molecule has 1 N–H and O–H groups in total. The molecule has 0 saturated carbocycles. The highest BCUT2D eigenvalue weighted by molar-refractivity contribution is 7.99. The van der Waals surface area contributed by atoms with Crippen molar-refractivity contribution in [1.82, 2.24) is 5.32 Å². The van der Waals surface area contributed by atoms with Crippen molar-refractivity contribution >= 4 is 23.4 Å². The Morgan fingerprint density at radius 1 is 1.05 bits per heavy atom. The summed E-state index contributed by atoms with van der Waals surface area (Å²) in [5, 5.41) is 4.44. The van der Waals surface area contributed by atoms with Gasteiger partial charge in [-0.05, 0) is 30.7 Å². The Hall–Kier alpha value is -0.960. The Morgan fingerprint density at radius 3 is 2.45 bits per heavy atom. The SMILES string of the molecule is CCCNC(CSc1ccccc1Cl)c1ccccc1. The van der Waals surface area contributed by atoms with Gasteiger partial charge in [0.1, 0.15) is 0 Å².